The van der Waals surface area contributed by atoms with Gasteiger partial charge in [0.2, 0.25) is 0 Å². The van der Waals surface area contributed by atoms with Crippen LogP contribution in [0.25, 0.3) is 0 Å². The molecule has 1 aliphatic heterocycles. The van der Waals surface area contributed by atoms with Gasteiger partial charge in [-0.1, -0.05) is 30.3 Å². The van der Waals surface area contributed by atoms with Crippen molar-refractivity contribution in [1.82, 2.24) is 4.57 Å². The van der Waals surface area contributed by atoms with Gasteiger partial charge in [-0.2, -0.15) is 0 Å². The molecule has 0 saturated carbocycles. The summed E-state index contributed by atoms with van der Waals surface area (Å²) >= 11 is 0. The number of hydrogen-bond donors (Lipinski definition) is 0. The Morgan fingerprint density at radius 3 is 2.69 bits per heavy atom. The van der Waals surface area contributed by atoms with Crippen molar-refractivity contribution in [1.29, 1.82) is 0 Å². The highest BCUT2D eigenvalue weighted by atomic mass is 16.1. The van der Waals surface area contributed by atoms with Crippen molar-refractivity contribution in [3.8, 4) is 0 Å². The number of aromatic nitrogens is 1. The summed E-state index contributed by atoms with van der Waals surface area (Å²) in [7, 11) is 0. The molecular formula is C14H13NO. The lowest BCUT2D eigenvalue weighted by Crippen LogP contribution is -2.22. The number of rotatable bonds is 1. The molecule has 0 aliphatic carbocycles. The highest BCUT2D eigenvalue weighted by molar-refractivity contribution is 5.95. The fourth-order valence-corrected chi connectivity index (χ4v) is 2.41. The normalized spacial score (nSPS) is 19.5. The van der Waals surface area contributed by atoms with E-state index in [9.17, 15) is 4.79 Å². The summed E-state index contributed by atoms with van der Waals surface area (Å²) < 4.78 is 2.06. The zero-order valence-electron chi connectivity index (χ0n) is 8.97. The second-order valence-corrected chi connectivity index (χ2v) is 4.28. The molecule has 3 rings (SSSR count). The second-order valence-electron chi connectivity index (χ2n) is 4.28. The quantitative estimate of drug-likeness (QED) is 0.711. The minimum Gasteiger partial charge on any atom is -0.344 e. The van der Waals surface area contributed by atoms with Crippen LogP contribution in [0.2, 0.25) is 0 Å². The van der Waals surface area contributed by atoms with Gasteiger partial charge < -0.3 is 4.57 Å². The van der Waals surface area contributed by atoms with E-state index in [1.165, 1.54) is 5.56 Å². The number of ketones is 1. The second kappa shape index (κ2) is 3.63. The average Bonchev–Trinajstić information content (AvgIpc) is 2.79. The predicted molar refractivity (Wildman–Crippen MR) is 62.6 cm³/mol. The molecule has 1 atom stereocenters. The summed E-state index contributed by atoms with van der Waals surface area (Å²) in [5.41, 5.74) is 2.11. The van der Waals surface area contributed by atoms with Gasteiger partial charge in [0.25, 0.3) is 0 Å². The Kier molecular flexibility index (Phi) is 2.13. The van der Waals surface area contributed by atoms with Crippen molar-refractivity contribution in [2.75, 3.05) is 0 Å². The SMILES string of the molecule is O=C1CC(c2ccccc2)Cn2cccc21. The maximum atomic E-state index is 11.9. The molecular weight excluding hydrogens is 198 g/mol. The predicted octanol–water partition coefficient (Wildman–Crippen LogP) is 2.86. The Balaban J connectivity index is 1.95. The Hall–Kier alpha value is -1.83. The molecule has 1 aromatic heterocycles. The number of carbonyl (C=O) groups is 1. The fourth-order valence-electron chi connectivity index (χ4n) is 2.41. The van der Waals surface area contributed by atoms with E-state index in [2.05, 4.69) is 16.7 Å². The van der Waals surface area contributed by atoms with Gasteiger partial charge in [0, 0.05) is 25.1 Å². The van der Waals surface area contributed by atoms with Crippen LogP contribution in [0, 0.1) is 0 Å². The molecule has 16 heavy (non-hydrogen) atoms. The van der Waals surface area contributed by atoms with E-state index >= 15 is 0 Å². The van der Waals surface area contributed by atoms with Gasteiger partial charge in [-0.25, -0.2) is 0 Å². The van der Waals surface area contributed by atoms with Crippen molar-refractivity contribution in [3.63, 3.8) is 0 Å². The van der Waals surface area contributed by atoms with Crippen molar-refractivity contribution in [2.24, 2.45) is 0 Å². The zero-order valence-corrected chi connectivity index (χ0v) is 8.97. The van der Waals surface area contributed by atoms with Gasteiger partial charge in [-0.3, -0.25) is 4.79 Å². The van der Waals surface area contributed by atoms with Gasteiger partial charge in [0.15, 0.2) is 5.78 Å². The fraction of sp³-hybridized carbons (Fsp3) is 0.214. The maximum absolute atomic E-state index is 11.9. The summed E-state index contributed by atoms with van der Waals surface area (Å²) in [6, 6.07) is 14.1. The molecule has 0 bridgehead atoms. The smallest absolute Gasteiger partial charge is 0.179 e. The van der Waals surface area contributed by atoms with E-state index in [0.29, 0.717) is 12.3 Å². The third kappa shape index (κ3) is 1.47. The van der Waals surface area contributed by atoms with E-state index in [1.807, 2.05) is 36.5 Å². The first kappa shape index (κ1) is 9.40. The third-order valence-corrected chi connectivity index (χ3v) is 3.24. The molecule has 2 aromatic rings. The Morgan fingerprint density at radius 1 is 1.06 bits per heavy atom. The van der Waals surface area contributed by atoms with Crippen LogP contribution in [0.15, 0.2) is 48.7 Å². The summed E-state index contributed by atoms with van der Waals surface area (Å²) in [5, 5.41) is 0. The van der Waals surface area contributed by atoms with E-state index in [4.69, 9.17) is 0 Å². The van der Waals surface area contributed by atoms with Gasteiger partial charge >= 0.3 is 0 Å². The van der Waals surface area contributed by atoms with Crippen LogP contribution in [0.1, 0.15) is 28.4 Å². The minimum atomic E-state index is 0.255. The van der Waals surface area contributed by atoms with Gasteiger partial charge in [0.05, 0.1) is 5.69 Å². The van der Waals surface area contributed by atoms with Crippen LogP contribution in [-0.2, 0) is 6.54 Å². The molecule has 0 fully saturated rings. The number of hydrogen-bond acceptors (Lipinski definition) is 1. The topological polar surface area (TPSA) is 22.0 Å². The highest BCUT2D eigenvalue weighted by Gasteiger charge is 2.25. The maximum Gasteiger partial charge on any atom is 0.179 e. The highest BCUT2D eigenvalue weighted by Crippen LogP contribution is 2.28. The number of benzene rings is 1. The van der Waals surface area contributed by atoms with E-state index in [-0.39, 0.29) is 5.78 Å². The Bertz CT molecular complexity index is 513. The number of nitrogens with zero attached hydrogens (tertiary/aromatic N) is 1. The summed E-state index contributed by atoms with van der Waals surface area (Å²) in [5.74, 6) is 0.582. The minimum absolute atomic E-state index is 0.255. The molecule has 0 radical (unpaired) electrons. The van der Waals surface area contributed by atoms with Crippen LogP contribution in [0.3, 0.4) is 0 Å². The molecule has 0 N–H and O–H groups in total. The molecule has 1 aromatic carbocycles. The van der Waals surface area contributed by atoms with Crippen molar-refractivity contribution in [2.45, 2.75) is 18.9 Å². The van der Waals surface area contributed by atoms with Gasteiger partial charge in [0.1, 0.15) is 0 Å². The Labute approximate surface area is 94.5 Å². The summed E-state index contributed by atoms with van der Waals surface area (Å²) in [6.07, 6.45) is 2.62. The van der Waals surface area contributed by atoms with Crippen LogP contribution in [0.4, 0.5) is 0 Å². The lowest BCUT2D eigenvalue weighted by Gasteiger charge is -2.24. The molecule has 0 spiro atoms. The molecule has 1 unspecified atom stereocenters. The molecule has 80 valence electrons. The van der Waals surface area contributed by atoms with Crippen LogP contribution >= 0.6 is 0 Å². The standard InChI is InChI=1S/C14H13NO/c16-14-9-12(11-5-2-1-3-6-11)10-15-8-4-7-13(14)15/h1-8,12H,9-10H2. The summed E-state index contributed by atoms with van der Waals surface area (Å²) in [4.78, 5) is 11.9. The first-order chi connectivity index (χ1) is 7.84. The number of fused-ring (bicyclic) bond motifs is 1. The van der Waals surface area contributed by atoms with Crippen molar-refractivity contribution in [3.05, 3.63) is 59.9 Å². The molecule has 2 nitrogen and oxygen atoms in total. The first-order valence-corrected chi connectivity index (χ1v) is 5.58. The molecule has 2 heteroatoms. The van der Waals surface area contributed by atoms with Crippen LogP contribution in [0.5, 0.6) is 0 Å². The number of carbonyl (C=O) groups excluding carboxylic acids is 1. The van der Waals surface area contributed by atoms with E-state index < -0.39 is 0 Å². The first-order valence-electron chi connectivity index (χ1n) is 5.58. The molecule has 2 heterocycles. The van der Waals surface area contributed by atoms with Crippen molar-refractivity contribution >= 4 is 5.78 Å². The van der Waals surface area contributed by atoms with E-state index in [0.717, 1.165) is 12.2 Å². The number of Topliss-reactive ketones (excluding diaryl/α,β-unsaturated/α-hetero) is 1. The largest absolute Gasteiger partial charge is 0.344 e. The van der Waals surface area contributed by atoms with Gasteiger partial charge in [-0.05, 0) is 17.7 Å². The van der Waals surface area contributed by atoms with E-state index in [1.54, 1.807) is 0 Å². The lowest BCUT2D eigenvalue weighted by atomic mass is 9.90. The summed E-state index contributed by atoms with van der Waals surface area (Å²) in [6.45, 7) is 0.915. The monoisotopic (exact) mass is 211 g/mol. The van der Waals surface area contributed by atoms with Crippen LogP contribution < -0.4 is 0 Å². The van der Waals surface area contributed by atoms with Gasteiger partial charge in [-0.15, -0.1) is 0 Å². The van der Waals surface area contributed by atoms with Crippen LogP contribution in [-0.4, -0.2) is 10.4 Å². The lowest BCUT2D eigenvalue weighted by molar-refractivity contribution is 0.0944. The Morgan fingerprint density at radius 2 is 1.88 bits per heavy atom. The average molecular weight is 211 g/mol. The molecule has 0 amide bonds. The molecule has 0 saturated heterocycles. The third-order valence-electron chi connectivity index (χ3n) is 3.24. The molecule has 1 aliphatic rings. The zero-order chi connectivity index (χ0) is 11.0. The van der Waals surface area contributed by atoms with Crippen molar-refractivity contribution < 1.29 is 4.79 Å².